The molecular formula is C11H12N4O2S. The third kappa shape index (κ3) is 1.76. The Morgan fingerprint density at radius 1 is 1.44 bits per heavy atom. The Kier molecular flexibility index (Phi) is 2.75. The molecule has 1 fully saturated rings. The molecule has 1 aliphatic heterocycles. The van der Waals surface area contributed by atoms with E-state index < -0.39 is 0 Å². The van der Waals surface area contributed by atoms with Crippen LogP contribution >= 0.6 is 11.3 Å². The van der Waals surface area contributed by atoms with Gasteiger partial charge in [0, 0.05) is 37.6 Å². The fourth-order valence-electron chi connectivity index (χ4n) is 2.11. The number of nitrogens with one attached hydrogen (secondary N) is 1. The number of anilines is 1. The second-order valence-corrected chi connectivity index (χ2v) is 4.95. The molecule has 1 aliphatic rings. The number of fused-ring (bicyclic) bond motifs is 1. The van der Waals surface area contributed by atoms with Gasteiger partial charge in [0.15, 0.2) is 17.1 Å². The Balaban J connectivity index is 1.99. The topological polar surface area (TPSA) is 66.7 Å². The van der Waals surface area contributed by atoms with Crippen molar-refractivity contribution in [3.05, 3.63) is 17.3 Å². The van der Waals surface area contributed by atoms with Gasteiger partial charge in [-0.25, -0.2) is 4.98 Å². The lowest BCUT2D eigenvalue weighted by Crippen LogP contribution is -2.29. The van der Waals surface area contributed by atoms with Crippen molar-refractivity contribution in [1.29, 1.82) is 0 Å². The van der Waals surface area contributed by atoms with Crippen LogP contribution in [0.5, 0.6) is 0 Å². The molecule has 2 aromatic rings. The molecule has 3 heterocycles. The first-order valence-corrected chi connectivity index (χ1v) is 6.60. The fraction of sp³-hybridized carbons (Fsp3) is 0.364. The van der Waals surface area contributed by atoms with E-state index in [0.717, 1.165) is 11.2 Å². The summed E-state index contributed by atoms with van der Waals surface area (Å²) in [4.78, 5) is 29.8. The van der Waals surface area contributed by atoms with E-state index in [-0.39, 0.29) is 5.91 Å². The van der Waals surface area contributed by atoms with Gasteiger partial charge in [-0.15, -0.1) is 11.3 Å². The predicted molar refractivity (Wildman–Crippen MR) is 68.3 cm³/mol. The number of aromatic nitrogens is 2. The summed E-state index contributed by atoms with van der Waals surface area (Å²) in [6.45, 7) is 1.86. The molecule has 0 bridgehead atoms. The molecular weight excluding hydrogens is 252 g/mol. The molecule has 0 aromatic carbocycles. The van der Waals surface area contributed by atoms with Crippen molar-refractivity contribution in [2.75, 3.05) is 24.5 Å². The highest BCUT2D eigenvalue weighted by Crippen LogP contribution is 2.23. The molecule has 7 heteroatoms. The minimum Gasteiger partial charge on any atom is -0.354 e. The van der Waals surface area contributed by atoms with Crippen molar-refractivity contribution in [3.8, 4) is 0 Å². The van der Waals surface area contributed by atoms with E-state index in [0.29, 0.717) is 37.6 Å². The van der Waals surface area contributed by atoms with E-state index in [9.17, 15) is 9.59 Å². The SMILES string of the molecule is O=Cc1c(N2CCNC(=O)CC2)nc2sccn12. The van der Waals surface area contributed by atoms with E-state index >= 15 is 0 Å². The second kappa shape index (κ2) is 4.41. The molecule has 0 radical (unpaired) electrons. The summed E-state index contributed by atoms with van der Waals surface area (Å²) in [5, 5.41) is 4.70. The average molecular weight is 264 g/mol. The van der Waals surface area contributed by atoms with Crippen molar-refractivity contribution in [3.63, 3.8) is 0 Å². The van der Waals surface area contributed by atoms with Crippen LogP contribution in [0.15, 0.2) is 11.6 Å². The van der Waals surface area contributed by atoms with Crippen molar-refractivity contribution < 1.29 is 9.59 Å². The molecule has 1 N–H and O–H groups in total. The Morgan fingerprint density at radius 2 is 2.33 bits per heavy atom. The number of carbonyl (C=O) groups excluding carboxylic acids is 2. The summed E-state index contributed by atoms with van der Waals surface area (Å²) in [5.74, 6) is 0.722. The lowest BCUT2D eigenvalue weighted by atomic mass is 10.3. The number of nitrogens with zero attached hydrogens (tertiary/aromatic N) is 3. The van der Waals surface area contributed by atoms with Crippen LogP contribution in [0.1, 0.15) is 16.9 Å². The zero-order chi connectivity index (χ0) is 12.5. The van der Waals surface area contributed by atoms with Gasteiger partial charge in [-0.3, -0.25) is 14.0 Å². The molecule has 2 aromatic heterocycles. The van der Waals surface area contributed by atoms with Gasteiger partial charge in [-0.05, 0) is 0 Å². The molecule has 1 amide bonds. The Morgan fingerprint density at radius 3 is 3.17 bits per heavy atom. The van der Waals surface area contributed by atoms with Crippen LogP contribution in [0.2, 0.25) is 0 Å². The molecule has 0 atom stereocenters. The molecule has 0 aliphatic carbocycles. The summed E-state index contributed by atoms with van der Waals surface area (Å²) in [7, 11) is 0. The Bertz CT molecular complexity index is 603. The molecule has 0 unspecified atom stereocenters. The molecule has 0 saturated carbocycles. The summed E-state index contributed by atoms with van der Waals surface area (Å²) in [5.41, 5.74) is 0.556. The number of imidazole rings is 1. The summed E-state index contributed by atoms with van der Waals surface area (Å²) < 4.78 is 1.78. The highest BCUT2D eigenvalue weighted by Gasteiger charge is 2.21. The van der Waals surface area contributed by atoms with E-state index in [1.807, 2.05) is 16.5 Å². The van der Waals surface area contributed by atoms with Crippen LogP contribution in [0.4, 0.5) is 5.82 Å². The predicted octanol–water partition coefficient (Wildman–Crippen LogP) is 0.535. The first kappa shape index (κ1) is 11.2. The molecule has 94 valence electrons. The minimum atomic E-state index is 0.0474. The van der Waals surface area contributed by atoms with Crippen LogP contribution in [-0.4, -0.2) is 41.2 Å². The smallest absolute Gasteiger partial charge is 0.221 e. The molecule has 1 saturated heterocycles. The molecule has 18 heavy (non-hydrogen) atoms. The highest BCUT2D eigenvalue weighted by atomic mass is 32.1. The monoisotopic (exact) mass is 264 g/mol. The van der Waals surface area contributed by atoms with Crippen LogP contribution < -0.4 is 10.2 Å². The third-order valence-corrected chi connectivity index (χ3v) is 3.76. The highest BCUT2D eigenvalue weighted by molar-refractivity contribution is 7.15. The lowest BCUT2D eigenvalue weighted by Gasteiger charge is -2.19. The summed E-state index contributed by atoms with van der Waals surface area (Å²) in [6.07, 6.45) is 3.09. The Hall–Kier alpha value is -1.89. The van der Waals surface area contributed by atoms with Crippen molar-refractivity contribution in [1.82, 2.24) is 14.7 Å². The second-order valence-electron chi connectivity index (χ2n) is 4.08. The van der Waals surface area contributed by atoms with Gasteiger partial charge < -0.3 is 10.2 Å². The first-order valence-electron chi connectivity index (χ1n) is 5.72. The third-order valence-electron chi connectivity index (χ3n) is 3.00. The number of amides is 1. The van der Waals surface area contributed by atoms with Crippen LogP contribution in [0.25, 0.3) is 4.96 Å². The van der Waals surface area contributed by atoms with Crippen LogP contribution in [0, 0.1) is 0 Å². The first-order chi connectivity index (χ1) is 8.79. The average Bonchev–Trinajstić information content (AvgIpc) is 2.86. The fourth-order valence-corrected chi connectivity index (χ4v) is 2.83. The molecule has 0 spiro atoms. The van der Waals surface area contributed by atoms with Crippen LogP contribution in [0.3, 0.4) is 0 Å². The maximum atomic E-state index is 11.3. The summed E-state index contributed by atoms with van der Waals surface area (Å²) in [6, 6.07) is 0. The standard InChI is InChI=1S/C11H12N4O2S/c16-7-8-10(13-11-15(8)5-6-18-11)14-3-1-9(17)12-2-4-14/h5-7H,1-4H2,(H,12,17). The zero-order valence-electron chi connectivity index (χ0n) is 9.63. The van der Waals surface area contributed by atoms with Gasteiger partial charge in [-0.2, -0.15) is 0 Å². The van der Waals surface area contributed by atoms with E-state index in [1.165, 1.54) is 11.3 Å². The number of rotatable bonds is 2. The number of carbonyl (C=O) groups is 2. The summed E-state index contributed by atoms with van der Waals surface area (Å²) >= 11 is 1.49. The largest absolute Gasteiger partial charge is 0.354 e. The van der Waals surface area contributed by atoms with Crippen molar-refractivity contribution in [2.24, 2.45) is 0 Å². The van der Waals surface area contributed by atoms with E-state index in [2.05, 4.69) is 10.3 Å². The zero-order valence-corrected chi connectivity index (χ0v) is 10.4. The van der Waals surface area contributed by atoms with Gasteiger partial charge >= 0.3 is 0 Å². The normalized spacial score (nSPS) is 16.7. The molecule has 3 rings (SSSR count). The van der Waals surface area contributed by atoms with Gasteiger partial charge in [-0.1, -0.05) is 0 Å². The minimum absolute atomic E-state index is 0.0474. The molecule has 6 nitrogen and oxygen atoms in total. The maximum absolute atomic E-state index is 11.3. The number of thiazole rings is 1. The maximum Gasteiger partial charge on any atom is 0.221 e. The quantitative estimate of drug-likeness (QED) is 0.804. The van der Waals surface area contributed by atoms with E-state index in [4.69, 9.17) is 0 Å². The van der Waals surface area contributed by atoms with Gasteiger partial charge in [0.2, 0.25) is 5.91 Å². The number of aldehydes is 1. The van der Waals surface area contributed by atoms with Crippen LogP contribution in [-0.2, 0) is 4.79 Å². The van der Waals surface area contributed by atoms with Gasteiger partial charge in [0.05, 0.1) is 0 Å². The van der Waals surface area contributed by atoms with Gasteiger partial charge in [0.25, 0.3) is 0 Å². The number of hydrogen-bond donors (Lipinski definition) is 1. The Labute approximate surface area is 107 Å². The lowest BCUT2D eigenvalue weighted by molar-refractivity contribution is -0.120. The van der Waals surface area contributed by atoms with E-state index in [1.54, 1.807) is 4.40 Å². The van der Waals surface area contributed by atoms with Crippen molar-refractivity contribution in [2.45, 2.75) is 6.42 Å². The van der Waals surface area contributed by atoms with Gasteiger partial charge in [0.1, 0.15) is 5.69 Å². The number of hydrogen-bond acceptors (Lipinski definition) is 5. The van der Waals surface area contributed by atoms with Crippen molar-refractivity contribution >= 4 is 34.3 Å².